The highest BCUT2D eigenvalue weighted by molar-refractivity contribution is 14.0. The van der Waals surface area contributed by atoms with Gasteiger partial charge in [-0.2, -0.15) is 0 Å². The molecule has 0 aliphatic carbocycles. The summed E-state index contributed by atoms with van der Waals surface area (Å²) in [6.07, 6.45) is 1.07. The molecular formula is C24H35IN4O3. The number of hydrogen-bond donors (Lipinski definition) is 2. The van der Waals surface area contributed by atoms with E-state index in [0.29, 0.717) is 29.8 Å². The van der Waals surface area contributed by atoms with Gasteiger partial charge in [0.1, 0.15) is 0 Å². The topological polar surface area (TPSA) is 67.4 Å². The molecule has 8 heteroatoms. The average Bonchev–Trinajstić information content (AvgIpc) is 3.25. The smallest absolute Gasteiger partial charge is 0.203 e. The highest BCUT2D eigenvalue weighted by atomic mass is 127. The van der Waals surface area contributed by atoms with Crippen LogP contribution in [0.2, 0.25) is 0 Å². The van der Waals surface area contributed by atoms with Crippen molar-refractivity contribution in [3.05, 3.63) is 47.5 Å². The van der Waals surface area contributed by atoms with E-state index < -0.39 is 0 Å². The van der Waals surface area contributed by atoms with E-state index in [1.54, 1.807) is 21.3 Å². The van der Waals surface area contributed by atoms with Gasteiger partial charge in [0, 0.05) is 31.4 Å². The Labute approximate surface area is 208 Å². The quantitative estimate of drug-likeness (QED) is 0.293. The summed E-state index contributed by atoms with van der Waals surface area (Å²) in [5.41, 5.74) is 3.54. The highest BCUT2D eigenvalue weighted by Crippen LogP contribution is 2.38. The van der Waals surface area contributed by atoms with Crippen molar-refractivity contribution in [3.63, 3.8) is 0 Å². The zero-order valence-electron chi connectivity index (χ0n) is 19.6. The lowest BCUT2D eigenvalue weighted by Crippen LogP contribution is -2.44. The Bertz CT molecular complexity index is 864. The number of nitrogens with zero attached hydrogens (tertiary/aromatic N) is 2. The van der Waals surface area contributed by atoms with Gasteiger partial charge in [0.2, 0.25) is 5.75 Å². The average molecular weight is 554 g/mol. The molecule has 1 aliphatic rings. The zero-order chi connectivity index (χ0) is 22.2. The van der Waals surface area contributed by atoms with Gasteiger partial charge < -0.3 is 29.7 Å². The number of guanidine groups is 1. The van der Waals surface area contributed by atoms with E-state index in [1.165, 1.54) is 11.3 Å². The monoisotopic (exact) mass is 554 g/mol. The van der Waals surface area contributed by atoms with Crippen molar-refractivity contribution in [1.29, 1.82) is 0 Å². The van der Waals surface area contributed by atoms with Crippen LogP contribution in [0.4, 0.5) is 5.69 Å². The first-order chi connectivity index (χ1) is 15.1. The maximum Gasteiger partial charge on any atom is 0.203 e. The second kappa shape index (κ2) is 12.6. The first-order valence-corrected chi connectivity index (χ1v) is 10.7. The van der Waals surface area contributed by atoms with Crippen LogP contribution in [-0.2, 0) is 6.54 Å². The Morgan fingerprint density at radius 2 is 1.72 bits per heavy atom. The molecule has 1 saturated heterocycles. The third-order valence-corrected chi connectivity index (χ3v) is 5.42. The number of anilines is 1. The van der Waals surface area contributed by atoms with Crippen LogP contribution in [0.15, 0.2) is 41.4 Å². The zero-order valence-corrected chi connectivity index (χ0v) is 21.9. The van der Waals surface area contributed by atoms with Crippen molar-refractivity contribution in [3.8, 4) is 17.2 Å². The van der Waals surface area contributed by atoms with Crippen molar-refractivity contribution >= 4 is 35.6 Å². The molecule has 1 heterocycles. The van der Waals surface area contributed by atoms with E-state index in [2.05, 4.69) is 53.6 Å². The Kier molecular flexibility index (Phi) is 10.2. The van der Waals surface area contributed by atoms with Crippen molar-refractivity contribution < 1.29 is 14.2 Å². The second-order valence-corrected chi connectivity index (χ2v) is 7.64. The molecular weight excluding hydrogens is 519 g/mol. The van der Waals surface area contributed by atoms with E-state index in [-0.39, 0.29) is 24.0 Å². The van der Waals surface area contributed by atoms with Gasteiger partial charge in [-0.25, -0.2) is 4.99 Å². The highest BCUT2D eigenvalue weighted by Gasteiger charge is 2.23. The molecule has 0 spiro atoms. The fourth-order valence-corrected chi connectivity index (χ4v) is 3.78. The maximum atomic E-state index is 5.45. The predicted octanol–water partition coefficient (Wildman–Crippen LogP) is 3.97. The Balaban J connectivity index is 0.00000363. The lowest BCUT2D eigenvalue weighted by molar-refractivity contribution is 0.324. The summed E-state index contributed by atoms with van der Waals surface area (Å²) >= 11 is 0. The molecule has 0 aromatic heterocycles. The van der Waals surface area contributed by atoms with E-state index in [9.17, 15) is 0 Å². The molecule has 1 fully saturated rings. The van der Waals surface area contributed by atoms with Crippen molar-refractivity contribution in [2.75, 3.05) is 45.9 Å². The molecule has 2 N–H and O–H groups in total. The number of aliphatic imine (C=N–C) groups is 1. The van der Waals surface area contributed by atoms with Gasteiger partial charge in [0.25, 0.3) is 0 Å². The van der Waals surface area contributed by atoms with Gasteiger partial charge >= 0.3 is 0 Å². The van der Waals surface area contributed by atoms with Crippen LogP contribution in [0.5, 0.6) is 17.2 Å². The number of hydrogen-bond acceptors (Lipinski definition) is 5. The summed E-state index contributed by atoms with van der Waals surface area (Å²) in [5, 5.41) is 6.94. The number of aryl methyl sites for hydroxylation is 1. The SMILES string of the molecule is CCNC(=NCc1cc(OC)c(OC)c(OC)c1)NC1CCN(c2ccc(C)cc2)C1.I. The molecule has 1 atom stereocenters. The largest absolute Gasteiger partial charge is 0.493 e. The Hall–Kier alpha value is -2.36. The first kappa shape index (κ1) is 25.9. The van der Waals surface area contributed by atoms with Crippen molar-refractivity contribution in [2.45, 2.75) is 32.9 Å². The summed E-state index contributed by atoms with van der Waals surface area (Å²) in [5.74, 6) is 2.67. The lowest BCUT2D eigenvalue weighted by atomic mass is 10.2. The number of rotatable bonds is 8. The van der Waals surface area contributed by atoms with Gasteiger partial charge in [0.15, 0.2) is 17.5 Å². The molecule has 0 bridgehead atoms. The summed E-state index contributed by atoms with van der Waals surface area (Å²) < 4.78 is 16.3. The third-order valence-electron chi connectivity index (χ3n) is 5.42. The molecule has 7 nitrogen and oxygen atoms in total. The van der Waals surface area contributed by atoms with E-state index in [1.807, 2.05) is 12.1 Å². The molecule has 1 unspecified atom stereocenters. The van der Waals surface area contributed by atoms with Crippen LogP contribution in [0.1, 0.15) is 24.5 Å². The third kappa shape index (κ3) is 6.57. The summed E-state index contributed by atoms with van der Waals surface area (Å²) in [6, 6.07) is 12.9. The summed E-state index contributed by atoms with van der Waals surface area (Å²) in [4.78, 5) is 7.20. The van der Waals surface area contributed by atoms with Gasteiger partial charge in [-0.1, -0.05) is 17.7 Å². The van der Waals surface area contributed by atoms with E-state index in [0.717, 1.165) is 37.6 Å². The second-order valence-electron chi connectivity index (χ2n) is 7.64. The minimum atomic E-state index is 0. The molecule has 2 aromatic carbocycles. The van der Waals surface area contributed by atoms with Gasteiger partial charge in [-0.15, -0.1) is 24.0 Å². The summed E-state index contributed by atoms with van der Waals surface area (Å²) in [6.45, 7) is 7.48. The van der Waals surface area contributed by atoms with Gasteiger partial charge in [-0.05, 0) is 50.1 Å². The number of methoxy groups -OCH3 is 3. The molecule has 3 rings (SSSR count). The standard InChI is InChI=1S/C24H34N4O3.HI/c1-6-25-24(26-15-18-13-21(29-3)23(31-5)22(14-18)30-4)27-19-11-12-28(16-19)20-9-7-17(2)8-10-20;/h7-10,13-14,19H,6,11-12,15-16H2,1-5H3,(H2,25,26,27);1H. The summed E-state index contributed by atoms with van der Waals surface area (Å²) in [7, 11) is 4.85. The molecule has 176 valence electrons. The van der Waals surface area contributed by atoms with Crippen LogP contribution >= 0.6 is 24.0 Å². The predicted molar refractivity (Wildman–Crippen MR) is 141 cm³/mol. The van der Waals surface area contributed by atoms with Crippen molar-refractivity contribution in [2.24, 2.45) is 4.99 Å². The van der Waals surface area contributed by atoms with E-state index in [4.69, 9.17) is 19.2 Å². The number of halogens is 1. The Morgan fingerprint density at radius 3 is 2.28 bits per heavy atom. The minimum absolute atomic E-state index is 0. The molecule has 2 aromatic rings. The molecule has 0 saturated carbocycles. The van der Waals surface area contributed by atoms with Crippen LogP contribution in [0, 0.1) is 6.92 Å². The number of benzene rings is 2. The minimum Gasteiger partial charge on any atom is -0.493 e. The van der Waals surface area contributed by atoms with Crippen LogP contribution in [0.3, 0.4) is 0 Å². The molecule has 32 heavy (non-hydrogen) atoms. The molecule has 0 radical (unpaired) electrons. The van der Waals surface area contributed by atoms with Crippen LogP contribution in [0.25, 0.3) is 0 Å². The van der Waals surface area contributed by atoms with Gasteiger partial charge in [0.05, 0.1) is 27.9 Å². The van der Waals surface area contributed by atoms with Gasteiger partial charge in [-0.3, -0.25) is 0 Å². The fourth-order valence-electron chi connectivity index (χ4n) is 3.78. The lowest BCUT2D eigenvalue weighted by Gasteiger charge is -2.20. The number of nitrogens with one attached hydrogen (secondary N) is 2. The molecule has 0 amide bonds. The fraction of sp³-hybridized carbons (Fsp3) is 0.458. The van der Waals surface area contributed by atoms with E-state index >= 15 is 0 Å². The van der Waals surface area contributed by atoms with Crippen LogP contribution < -0.4 is 29.7 Å². The Morgan fingerprint density at radius 1 is 1.06 bits per heavy atom. The van der Waals surface area contributed by atoms with Crippen LogP contribution in [-0.4, -0.2) is 53.0 Å². The normalized spacial score (nSPS) is 15.7. The molecule has 1 aliphatic heterocycles. The van der Waals surface area contributed by atoms with Crippen molar-refractivity contribution in [1.82, 2.24) is 10.6 Å². The first-order valence-electron chi connectivity index (χ1n) is 10.7. The number of ether oxygens (including phenoxy) is 3. The maximum absolute atomic E-state index is 5.45.